The van der Waals surface area contributed by atoms with Crippen LogP contribution in [-0.4, -0.2) is 16.0 Å². The van der Waals surface area contributed by atoms with Crippen LogP contribution in [0.2, 0.25) is 0 Å². The Labute approximate surface area is 138 Å². The summed E-state index contributed by atoms with van der Waals surface area (Å²) in [4.78, 5) is 21.0. The van der Waals surface area contributed by atoms with E-state index in [4.69, 9.17) is 0 Å². The molecule has 1 atom stereocenters. The molecule has 1 aliphatic rings. The minimum absolute atomic E-state index is 0.0432. The van der Waals surface area contributed by atoms with Crippen molar-refractivity contribution < 1.29 is 4.79 Å². The van der Waals surface area contributed by atoms with Crippen LogP contribution in [-0.2, 0) is 6.54 Å². The van der Waals surface area contributed by atoms with Crippen LogP contribution in [0.4, 0.5) is 4.79 Å². The highest BCUT2D eigenvalue weighted by molar-refractivity contribution is 7.10. The van der Waals surface area contributed by atoms with Gasteiger partial charge < -0.3 is 10.6 Å². The van der Waals surface area contributed by atoms with E-state index in [-0.39, 0.29) is 12.1 Å². The van der Waals surface area contributed by atoms with Crippen LogP contribution in [0.25, 0.3) is 0 Å². The van der Waals surface area contributed by atoms with Crippen LogP contribution in [0.3, 0.4) is 0 Å². The average Bonchev–Trinajstić information content (AvgIpc) is 3.01. The summed E-state index contributed by atoms with van der Waals surface area (Å²) < 4.78 is 0. The summed E-state index contributed by atoms with van der Waals surface area (Å²) in [7, 11) is 0. The van der Waals surface area contributed by atoms with Gasteiger partial charge in [0.1, 0.15) is 5.01 Å². The Morgan fingerprint density at radius 1 is 1.36 bits per heavy atom. The zero-order chi connectivity index (χ0) is 15.5. The number of nitrogens with one attached hydrogen (secondary N) is 2. The summed E-state index contributed by atoms with van der Waals surface area (Å²) in [5.41, 5.74) is 0.918. The summed E-state index contributed by atoms with van der Waals surface area (Å²) in [6.45, 7) is 4.71. The first-order valence-corrected chi connectivity index (χ1v) is 9.27. The molecule has 0 bridgehead atoms. The maximum absolute atomic E-state index is 12.1. The quantitative estimate of drug-likeness (QED) is 0.846. The number of hydrogen-bond donors (Lipinski definition) is 2. The molecule has 0 aliphatic heterocycles. The Morgan fingerprint density at radius 3 is 2.77 bits per heavy atom. The molecule has 0 unspecified atom stereocenters. The lowest BCUT2D eigenvalue weighted by Crippen LogP contribution is -2.38. The lowest BCUT2D eigenvalue weighted by Gasteiger charge is -2.16. The van der Waals surface area contributed by atoms with E-state index in [1.54, 1.807) is 28.9 Å². The molecule has 7 heteroatoms. The third-order valence-corrected chi connectivity index (χ3v) is 5.64. The average molecular weight is 336 g/mol. The van der Waals surface area contributed by atoms with Gasteiger partial charge in [0.25, 0.3) is 0 Å². The first kappa shape index (κ1) is 15.4. The highest BCUT2D eigenvalue weighted by atomic mass is 32.1. The standard InChI is InChI=1S/C15H20N4OS2/c1-9(2)13-18-11(8-22-13)7-17-15(20)19-12(10-3-4-10)14-16-5-6-21-14/h5-6,8-10,12H,3-4,7H2,1-2H3,(H2,17,19,20)/t12-/m0/s1. The van der Waals surface area contributed by atoms with Gasteiger partial charge in [-0.05, 0) is 18.8 Å². The number of carbonyl (C=O) groups is 1. The van der Waals surface area contributed by atoms with Crippen molar-refractivity contribution in [2.75, 3.05) is 0 Å². The van der Waals surface area contributed by atoms with Crippen LogP contribution in [0.1, 0.15) is 54.4 Å². The molecule has 2 amide bonds. The van der Waals surface area contributed by atoms with Gasteiger partial charge in [0, 0.05) is 22.9 Å². The molecule has 2 aromatic rings. The maximum atomic E-state index is 12.1. The van der Waals surface area contributed by atoms with Crippen molar-refractivity contribution in [2.24, 2.45) is 5.92 Å². The summed E-state index contributed by atoms with van der Waals surface area (Å²) in [5.74, 6) is 0.959. The van der Waals surface area contributed by atoms with E-state index < -0.39 is 0 Å². The molecule has 0 radical (unpaired) electrons. The fourth-order valence-electron chi connectivity index (χ4n) is 2.23. The van der Waals surface area contributed by atoms with Crippen LogP contribution in [0, 0.1) is 5.92 Å². The van der Waals surface area contributed by atoms with Crippen molar-refractivity contribution in [3.8, 4) is 0 Å². The first-order chi connectivity index (χ1) is 10.6. The number of thiazole rings is 2. The Balaban J connectivity index is 1.53. The smallest absolute Gasteiger partial charge is 0.315 e. The minimum atomic E-state index is -0.147. The number of nitrogens with zero attached hydrogens (tertiary/aromatic N) is 2. The fraction of sp³-hybridized carbons (Fsp3) is 0.533. The van der Waals surface area contributed by atoms with Gasteiger partial charge in [-0.2, -0.15) is 0 Å². The van der Waals surface area contributed by atoms with Crippen molar-refractivity contribution >= 4 is 28.7 Å². The Kier molecular flexibility index (Phi) is 4.73. The third kappa shape index (κ3) is 3.84. The van der Waals surface area contributed by atoms with E-state index in [9.17, 15) is 4.79 Å². The van der Waals surface area contributed by atoms with Crippen molar-refractivity contribution in [1.29, 1.82) is 0 Å². The van der Waals surface area contributed by atoms with Gasteiger partial charge in [-0.15, -0.1) is 22.7 Å². The zero-order valence-electron chi connectivity index (χ0n) is 12.7. The molecule has 3 rings (SSSR count). The van der Waals surface area contributed by atoms with E-state index in [1.807, 2.05) is 10.8 Å². The molecule has 2 heterocycles. The van der Waals surface area contributed by atoms with Gasteiger partial charge in [-0.3, -0.25) is 0 Å². The molecule has 22 heavy (non-hydrogen) atoms. The number of rotatable bonds is 6. The SMILES string of the molecule is CC(C)c1nc(CNC(=O)N[C@H](c2nccs2)C2CC2)cs1. The lowest BCUT2D eigenvalue weighted by atomic mass is 10.2. The summed E-state index contributed by atoms with van der Waals surface area (Å²) >= 11 is 3.24. The molecule has 1 saturated carbocycles. The van der Waals surface area contributed by atoms with Crippen LogP contribution in [0.15, 0.2) is 17.0 Å². The number of carbonyl (C=O) groups excluding carboxylic acids is 1. The lowest BCUT2D eigenvalue weighted by molar-refractivity contribution is 0.235. The Morgan fingerprint density at radius 2 is 2.18 bits per heavy atom. The van der Waals surface area contributed by atoms with Gasteiger partial charge in [0.15, 0.2) is 0 Å². The normalized spacial score (nSPS) is 15.8. The highest BCUT2D eigenvalue weighted by Gasteiger charge is 2.34. The Bertz CT molecular complexity index is 619. The van der Waals surface area contributed by atoms with Gasteiger partial charge in [0.2, 0.25) is 0 Å². The third-order valence-electron chi connectivity index (χ3n) is 3.59. The summed E-state index contributed by atoms with van der Waals surface area (Å²) in [5, 5.41) is 12.0. The van der Waals surface area contributed by atoms with Crippen LogP contribution in [0.5, 0.6) is 0 Å². The molecule has 118 valence electrons. The molecule has 5 nitrogen and oxygen atoms in total. The van der Waals surface area contributed by atoms with E-state index in [0.29, 0.717) is 18.4 Å². The van der Waals surface area contributed by atoms with Gasteiger partial charge in [0.05, 0.1) is 23.3 Å². The number of aromatic nitrogens is 2. The number of hydrogen-bond acceptors (Lipinski definition) is 5. The molecule has 0 saturated heterocycles. The molecule has 0 aromatic carbocycles. The molecule has 1 aliphatic carbocycles. The molecular weight excluding hydrogens is 316 g/mol. The Hall–Kier alpha value is -1.47. The van der Waals surface area contributed by atoms with Crippen molar-refractivity contribution in [1.82, 2.24) is 20.6 Å². The number of amides is 2. The second-order valence-electron chi connectivity index (χ2n) is 5.84. The summed E-state index contributed by atoms with van der Waals surface area (Å²) in [6.07, 6.45) is 4.11. The van der Waals surface area contributed by atoms with Crippen LogP contribution < -0.4 is 10.6 Å². The molecule has 2 N–H and O–H groups in total. The van der Waals surface area contributed by atoms with Gasteiger partial charge in [-0.25, -0.2) is 14.8 Å². The molecule has 2 aromatic heterocycles. The predicted molar refractivity (Wildman–Crippen MR) is 89.2 cm³/mol. The first-order valence-electron chi connectivity index (χ1n) is 7.51. The van der Waals surface area contributed by atoms with E-state index in [0.717, 1.165) is 28.6 Å². The van der Waals surface area contributed by atoms with E-state index >= 15 is 0 Å². The predicted octanol–water partition coefficient (Wildman–Crippen LogP) is 3.67. The van der Waals surface area contributed by atoms with Crippen LogP contribution >= 0.6 is 22.7 Å². The van der Waals surface area contributed by atoms with Crippen molar-refractivity contribution in [3.05, 3.63) is 32.7 Å². The van der Waals surface area contributed by atoms with E-state index in [2.05, 4.69) is 34.4 Å². The molecule has 0 spiro atoms. The highest BCUT2D eigenvalue weighted by Crippen LogP contribution is 2.41. The topological polar surface area (TPSA) is 66.9 Å². The second kappa shape index (κ2) is 6.75. The van der Waals surface area contributed by atoms with Crippen molar-refractivity contribution in [3.63, 3.8) is 0 Å². The minimum Gasteiger partial charge on any atom is -0.332 e. The van der Waals surface area contributed by atoms with Gasteiger partial charge in [-0.1, -0.05) is 13.8 Å². The second-order valence-corrected chi connectivity index (χ2v) is 7.66. The zero-order valence-corrected chi connectivity index (χ0v) is 14.3. The number of urea groups is 1. The van der Waals surface area contributed by atoms with Crippen molar-refractivity contribution in [2.45, 2.75) is 45.2 Å². The maximum Gasteiger partial charge on any atom is 0.315 e. The fourth-order valence-corrected chi connectivity index (χ4v) is 3.85. The molecular formula is C15H20N4OS2. The largest absolute Gasteiger partial charge is 0.332 e. The van der Waals surface area contributed by atoms with E-state index in [1.165, 1.54) is 0 Å². The molecule has 1 fully saturated rings. The summed E-state index contributed by atoms with van der Waals surface area (Å²) in [6, 6.07) is -0.104. The monoisotopic (exact) mass is 336 g/mol. The van der Waals surface area contributed by atoms with Gasteiger partial charge >= 0.3 is 6.03 Å².